The quantitative estimate of drug-likeness (QED) is 0.316. The van der Waals surface area contributed by atoms with Crippen molar-refractivity contribution in [2.24, 2.45) is 0 Å². The molecule has 0 aliphatic rings. The second kappa shape index (κ2) is 12.6. The molecule has 0 unspecified atom stereocenters. The maximum absolute atomic E-state index is 13.1. The smallest absolute Gasteiger partial charge is 0.175 e. The van der Waals surface area contributed by atoms with E-state index in [-0.39, 0.29) is 24.0 Å². The van der Waals surface area contributed by atoms with Crippen molar-refractivity contribution in [1.29, 1.82) is 0 Å². The number of benzene rings is 3. The molecule has 31 heavy (non-hydrogen) atoms. The van der Waals surface area contributed by atoms with Crippen molar-refractivity contribution in [2.75, 3.05) is 13.2 Å². The number of halogens is 4. The highest BCUT2D eigenvalue weighted by Gasteiger charge is 2.13. The van der Waals surface area contributed by atoms with Crippen LogP contribution in [-0.2, 0) is 19.6 Å². The van der Waals surface area contributed by atoms with Crippen molar-refractivity contribution in [3.05, 3.63) is 93.5 Å². The monoisotopic (exact) mass is 511 g/mol. The first kappa shape index (κ1) is 25.1. The fourth-order valence-electron chi connectivity index (χ4n) is 2.98. The summed E-state index contributed by atoms with van der Waals surface area (Å²) < 4.78 is 38.6. The molecule has 0 aliphatic carbocycles. The van der Waals surface area contributed by atoms with Gasteiger partial charge in [-0.1, -0.05) is 24.3 Å². The molecule has 0 radical (unpaired) electrons. The summed E-state index contributed by atoms with van der Waals surface area (Å²) in [5, 5.41) is 3.40. The third kappa shape index (κ3) is 7.80. The first-order valence-corrected chi connectivity index (χ1v) is 10.6. The molecular weight excluding hydrogens is 488 g/mol. The molecule has 3 aromatic carbocycles. The van der Waals surface area contributed by atoms with Crippen molar-refractivity contribution in [3.63, 3.8) is 0 Å². The molecule has 166 valence electrons. The Balaban J connectivity index is 0.00000341. The molecule has 7 heteroatoms. The zero-order chi connectivity index (χ0) is 21.3. The molecule has 0 aliphatic heterocycles. The van der Waals surface area contributed by atoms with Gasteiger partial charge in [0.25, 0.3) is 0 Å². The summed E-state index contributed by atoms with van der Waals surface area (Å²) in [6.45, 7) is 4.19. The van der Waals surface area contributed by atoms with E-state index in [1.54, 1.807) is 24.3 Å². The second-order valence-corrected chi connectivity index (χ2v) is 7.66. The minimum absolute atomic E-state index is 0. The zero-order valence-electron chi connectivity index (χ0n) is 17.2. The highest BCUT2D eigenvalue weighted by atomic mass is 79.9. The van der Waals surface area contributed by atoms with E-state index in [9.17, 15) is 8.78 Å². The predicted octanol–water partition coefficient (Wildman–Crippen LogP) is 6.46. The lowest BCUT2D eigenvalue weighted by Gasteiger charge is -2.16. The average Bonchev–Trinajstić information content (AvgIpc) is 2.73. The molecule has 0 saturated heterocycles. The van der Waals surface area contributed by atoms with Crippen LogP contribution < -0.4 is 14.8 Å². The van der Waals surface area contributed by atoms with Crippen molar-refractivity contribution in [3.8, 4) is 11.5 Å². The Morgan fingerprint density at radius 1 is 0.839 bits per heavy atom. The first-order chi connectivity index (χ1) is 14.5. The molecule has 0 amide bonds. The van der Waals surface area contributed by atoms with Gasteiger partial charge in [0.15, 0.2) is 11.5 Å². The first-order valence-electron chi connectivity index (χ1n) is 9.82. The van der Waals surface area contributed by atoms with E-state index in [0.29, 0.717) is 31.3 Å². The summed E-state index contributed by atoms with van der Waals surface area (Å²) in [4.78, 5) is 0. The van der Waals surface area contributed by atoms with Gasteiger partial charge in [-0.05, 0) is 88.9 Å². The summed E-state index contributed by atoms with van der Waals surface area (Å²) in [6, 6.07) is 16.7. The molecule has 0 saturated carbocycles. The van der Waals surface area contributed by atoms with E-state index in [1.165, 1.54) is 24.3 Å². The van der Waals surface area contributed by atoms with Crippen LogP contribution >= 0.6 is 28.3 Å². The minimum atomic E-state index is -0.272. The zero-order valence-corrected chi connectivity index (χ0v) is 19.6. The van der Waals surface area contributed by atoms with E-state index in [4.69, 9.17) is 9.47 Å². The lowest BCUT2D eigenvalue weighted by atomic mass is 10.1. The topological polar surface area (TPSA) is 30.5 Å². The van der Waals surface area contributed by atoms with Crippen LogP contribution in [0.4, 0.5) is 8.78 Å². The lowest BCUT2D eigenvalue weighted by Crippen LogP contribution is -2.17. The van der Waals surface area contributed by atoms with Gasteiger partial charge in [0, 0.05) is 6.54 Å². The molecule has 0 fully saturated rings. The van der Waals surface area contributed by atoms with Gasteiger partial charge >= 0.3 is 0 Å². The Bertz CT molecular complexity index is 953. The molecule has 0 heterocycles. The van der Waals surface area contributed by atoms with Crippen LogP contribution in [0.15, 0.2) is 65.1 Å². The van der Waals surface area contributed by atoms with Gasteiger partial charge in [-0.25, -0.2) is 8.78 Å². The Morgan fingerprint density at radius 2 is 1.45 bits per heavy atom. The molecule has 0 spiro atoms. The molecule has 3 aromatic rings. The van der Waals surface area contributed by atoms with Crippen LogP contribution in [0.3, 0.4) is 0 Å². The third-order valence-corrected chi connectivity index (χ3v) is 5.09. The molecule has 3 nitrogen and oxygen atoms in total. The van der Waals surface area contributed by atoms with Crippen molar-refractivity contribution >= 4 is 28.3 Å². The van der Waals surface area contributed by atoms with E-state index >= 15 is 0 Å². The molecular formula is C24H25BrClF2NO2. The Labute approximate surface area is 196 Å². The summed E-state index contributed by atoms with van der Waals surface area (Å²) >= 11 is 3.58. The molecule has 1 N–H and O–H groups in total. The highest BCUT2D eigenvalue weighted by Crippen LogP contribution is 2.37. The van der Waals surface area contributed by atoms with Crippen LogP contribution in [0.25, 0.3) is 0 Å². The Morgan fingerprint density at radius 3 is 2.06 bits per heavy atom. The number of nitrogens with one attached hydrogen (secondary N) is 1. The number of ether oxygens (including phenoxy) is 2. The van der Waals surface area contributed by atoms with Gasteiger partial charge in [-0.15, -0.1) is 12.4 Å². The van der Waals surface area contributed by atoms with Crippen molar-refractivity contribution < 1.29 is 18.3 Å². The standard InChI is InChI=1S/C24H24BrF2NO2.ClH/c1-2-29-23-14-19(15-28-12-11-17-3-7-20(26)8-4-17)13-22(25)24(23)30-16-18-5-9-21(27)10-6-18;/h3-10,13-14,28H,2,11-12,15-16H2,1H3;1H. The van der Waals surface area contributed by atoms with Crippen LogP contribution in [0.1, 0.15) is 23.6 Å². The largest absolute Gasteiger partial charge is 0.490 e. The van der Waals surface area contributed by atoms with Crippen LogP contribution in [0.2, 0.25) is 0 Å². The SMILES string of the molecule is CCOc1cc(CNCCc2ccc(F)cc2)cc(Br)c1OCc1ccc(F)cc1.Cl. The average molecular weight is 513 g/mol. The third-order valence-electron chi connectivity index (χ3n) is 4.50. The maximum Gasteiger partial charge on any atom is 0.175 e. The van der Waals surface area contributed by atoms with E-state index in [2.05, 4.69) is 21.2 Å². The van der Waals surface area contributed by atoms with Gasteiger partial charge in [0.2, 0.25) is 0 Å². The summed E-state index contributed by atoms with van der Waals surface area (Å²) in [6.07, 6.45) is 0.818. The second-order valence-electron chi connectivity index (χ2n) is 6.81. The van der Waals surface area contributed by atoms with Crippen molar-refractivity contribution in [1.82, 2.24) is 5.32 Å². The van der Waals surface area contributed by atoms with Crippen LogP contribution in [0, 0.1) is 11.6 Å². The van der Waals surface area contributed by atoms with Gasteiger partial charge < -0.3 is 14.8 Å². The summed E-state index contributed by atoms with van der Waals surface area (Å²) in [5.41, 5.74) is 3.01. The van der Waals surface area contributed by atoms with E-state index in [0.717, 1.165) is 34.1 Å². The van der Waals surface area contributed by atoms with Gasteiger partial charge in [0.05, 0.1) is 11.1 Å². The van der Waals surface area contributed by atoms with Crippen LogP contribution in [-0.4, -0.2) is 13.2 Å². The van der Waals surface area contributed by atoms with Gasteiger partial charge in [0.1, 0.15) is 18.2 Å². The minimum Gasteiger partial charge on any atom is -0.490 e. The van der Waals surface area contributed by atoms with E-state index in [1.807, 2.05) is 19.1 Å². The molecule has 0 bridgehead atoms. The maximum atomic E-state index is 13.1. The highest BCUT2D eigenvalue weighted by molar-refractivity contribution is 9.10. The summed E-state index contributed by atoms with van der Waals surface area (Å²) in [7, 11) is 0. The predicted molar refractivity (Wildman–Crippen MR) is 125 cm³/mol. The normalized spacial score (nSPS) is 10.5. The molecule has 3 rings (SSSR count). The lowest BCUT2D eigenvalue weighted by molar-refractivity contribution is 0.267. The molecule has 0 atom stereocenters. The Kier molecular flexibility index (Phi) is 10.2. The number of hydrogen-bond acceptors (Lipinski definition) is 3. The fourth-order valence-corrected chi connectivity index (χ4v) is 3.58. The Hall–Kier alpha value is -2.15. The molecule has 0 aromatic heterocycles. The number of rotatable bonds is 10. The van der Waals surface area contributed by atoms with Crippen LogP contribution in [0.5, 0.6) is 11.5 Å². The van der Waals surface area contributed by atoms with E-state index < -0.39 is 0 Å². The fraction of sp³-hybridized carbons (Fsp3) is 0.250. The van der Waals surface area contributed by atoms with Crippen molar-refractivity contribution in [2.45, 2.75) is 26.5 Å². The number of hydrogen-bond donors (Lipinski definition) is 1. The van der Waals surface area contributed by atoms with Gasteiger partial charge in [-0.3, -0.25) is 0 Å². The summed E-state index contributed by atoms with van der Waals surface area (Å²) in [5.74, 6) is 0.786. The van der Waals surface area contributed by atoms with Gasteiger partial charge in [-0.2, -0.15) is 0 Å².